The van der Waals surface area contributed by atoms with Crippen LogP contribution in [0, 0.1) is 0 Å². The van der Waals surface area contributed by atoms with Gasteiger partial charge in [-0.15, -0.1) is 0 Å². The van der Waals surface area contributed by atoms with E-state index in [0.717, 1.165) is 72.6 Å². The maximum atomic E-state index is 5.89. The van der Waals surface area contributed by atoms with Gasteiger partial charge in [0.15, 0.2) is 22.0 Å². The number of rotatable bonds is 17. The van der Waals surface area contributed by atoms with Gasteiger partial charge in [0.2, 0.25) is 0 Å². The van der Waals surface area contributed by atoms with Gasteiger partial charge in [-0.05, 0) is 139 Å². The third-order valence-corrected chi connectivity index (χ3v) is 28.8. The van der Waals surface area contributed by atoms with Crippen LogP contribution < -0.4 is 41.5 Å². The predicted octanol–water partition coefficient (Wildman–Crippen LogP) is 18.2. The van der Waals surface area contributed by atoms with E-state index in [-0.39, 0.29) is 0 Å². The third kappa shape index (κ3) is 11.9. The highest BCUT2D eigenvalue weighted by atomic mass is 28.3. The molecule has 0 atom stereocenters. The first-order valence-electron chi connectivity index (χ1n) is 33.7. The highest BCUT2D eigenvalue weighted by Gasteiger charge is 2.46. The molecule has 0 fully saturated rings. The molecule has 0 amide bonds. The molecule has 15 aromatic carbocycles. The van der Waals surface area contributed by atoms with Crippen molar-refractivity contribution in [2.75, 3.05) is 0 Å². The van der Waals surface area contributed by atoms with E-state index in [1.54, 1.807) is 0 Å². The van der Waals surface area contributed by atoms with Crippen LogP contribution in [0.2, 0.25) is 0 Å². The summed E-state index contributed by atoms with van der Waals surface area (Å²) >= 11 is 0. The van der Waals surface area contributed by atoms with Crippen molar-refractivity contribution in [2.24, 2.45) is 0 Å². The fourth-order valence-electron chi connectivity index (χ4n) is 14.7. The quantitative estimate of drug-likeness (QED) is 0.0671. The molecule has 0 aliphatic carbocycles. The van der Waals surface area contributed by atoms with Crippen molar-refractivity contribution >= 4 is 57.6 Å². The Bertz CT molecular complexity index is 5010. The van der Waals surface area contributed by atoms with Crippen LogP contribution in [0.15, 0.2) is 413 Å². The molecule has 0 aliphatic rings. The highest BCUT2D eigenvalue weighted by molar-refractivity contribution is 7.22. The van der Waals surface area contributed by atoms with Crippen molar-refractivity contribution in [3.8, 4) is 101 Å². The summed E-state index contributed by atoms with van der Waals surface area (Å²) in [5, 5.41) is 10.1. The van der Waals surface area contributed by atoms with E-state index in [1.807, 2.05) is 0 Å². The Morgan fingerprint density at radius 1 is 0.133 bits per heavy atom. The van der Waals surface area contributed by atoms with Gasteiger partial charge in [0, 0.05) is 16.7 Å². The molecule has 0 unspecified atom stereocenters. The molecule has 0 bridgehead atoms. The van der Waals surface area contributed by atoms with Crippen molar-refractivity contribution in [3.05, 3.63) is 413 Å². The lowest BCUT2D eigenvalue weighted by Crippen LogP contribution is -2.78. The lowest BCUT2D eigenvalue weighted by Gasteiger charge is -2.38. The summed E-state index contributed by atoms with van der Waals surface area (Å²) in [6.07, 6.45) is 0. The van der Waals surface area contributed by atoms with Crippen LogP contribution in [-0.4, -0.2) is 26.1 Å². The number of aromatic nitrogens is 2. The summed E-state index contributed by atoms with van der Waals surface area (Å²) in [6.45, 7) is 0. The molecule has 1 aromatic heterocycles. The van der Waals surface area contributed by atoms with Gasteiger partial charge in [0.25, 0.3) is 0 Å². The van der Waals surface area contributed by atoms with E-state index in [0.29, 0.717) is 5.82 Å². The lowest BCUT2D eigenvalue weighted by molar-refractivity contribution is 1.18. The molecule has 0 saturated carbocycles. The number of benzene rings is 15. The van der Waals surface area contributed by atoms with Gasteiger partial charge in [-0.2, -0.15) is 0 Å². The Hall–Kier alpha value is -12.2. The first-order chi connectivity index (χ1) is 48.5. The van der Waals surface area contributed by atoms with Crippen molar-refractivity contribution in [3.63, 3.8) is 0 Å². The van der Waals surface area contributed by atoms with E-state index < -0.39 is 16.1 Å². The van der Waals surface area contributed by atoms with Crippen molar-refractivity contribution in [1.29, 1.82) is 0 Å². The molecule has 0 radical (unpaired) electrons. The van der Waals surface area contributed by atoms with Gasteiger partial charge in [-0.25, -0.2) is 9.97 Å². The second-order valence-electron chi connectivity index (χ2n) is 25.2. The minimum atomic E-state index is -3.49. The summed E-state index contributed by atoms with van der Waals surface area (Å²) in [5.74, 6) is 0.646. The molecular formula is C94H68N2Si2. The molecule has 462 valence electrons. The first-order valence-corrected chi connectivity index (χ1v) is 37.7. The van der Waals surface area contributed by atoms with Crippen LogP contribution in [0.1, 0.15) is 0 Å². The summed E-state index contributed by atoms with van der Waals surface area (Å²) in [4.78, 5) is 11.5. The molecule has 16 aromatic rings. The zero-order chi connectivity index (χ0) is 65.5. The summed E-state index contributed by atoms with van der Waals surface area (Å²) < 4.78 is 0. The van der Waals surface area contributed by atoms with E-state index in [2.05, 4.69) is 413 Å². The Balaban J connectivity index is 1.03. The largest absolute Gasteiger partial charge is 0.228 e. The highest BCUT2D eigenvalue weighted by Crippen LogP contribution is 2.34. The third-order valence-electron chi connectivity index (χ3n) is 19.3. The molecule has 0 saturated heterocycles. The SMILES string of the molecule is c1ccc(-c2cccc(-c3cccc([Si](c4ccccc4)(c4ccccc4)c4cc(-c5cc(-c6cccc(-c7ccccc7)c6)nc(-c6cccc(-c7ccccc7)c6)n5)cc([Si](c5ccccc5)(c5ccccc5)c5cccc(-c6cccc(-c7ccccc7)c6)c5)c4)c3)c2)cc1. The van der Waals surface area contributed by atoms with Crippen LogP contribution in [0.25, 0.3) is 101 Å². The predicted molar refractivity (Wildman–Crippen MR) is 418 cm³/mol. The molecular weight excluding hydrogens is 1210 g/mol. The average Bonchev–Trinajstić information content (AvgIpc) is 0.711. The van der Waals surface area contributed by atoms with Gasteiger partial charge in [0.1, 0.15) is 0 Å². The van der Waals surface area contributed by atoms with Crippen LogP contribution in [0.3, 0.4) is 0 Å². The second-order valence-corrected chi connectivity index (χ2v) is 32.8. The smallest absolute Gasteiger partial charge is 0.179 e. The standard InChI is InChI=1S/C94H68N2Si2/c1-9-31-69(32-10-1)73-39-25-43-77(59-73)79-45-29-57-88(63-79)97(84-49-17-5-18-50-84,85-51-19-6-20-52-85)90-65-83(93-68-92(81-47-27-41-75(61-81)71-35-13-3-14-36-71)95-94(96-93)82-48-28-42-76(62-82)72-37-15-4-16-38-72)66-91(67-90)98(86-53-21-7-22-54-86,87-55-23-8-24-56-87)89-58-30-46-80(64-89)78-44-26-40-74(60-78)70-33-11-2-12-34-70/h1-68H. The van der Waals surface area contributed by atoms with Crippen LogP contribution >= 0.6 is 0 Å². The summed E-state index contributed by atoms with van der Waals surface area (Å²) in [5.41, 5.74) is 18.5. The zero-order valence-electron chi connectivity index (χ0n) is 54.2. The number of hydrogen-bond donors (Lipinski definition) is 0. The monoisotopic (exact) mass is 1280 g/mol. The molecule has 1 heterocycles. The maximum absolute atomic E-state index is 5.89. The van der Waals surface area contributed by atoms with Crippen LogP contribution in [0.5, 0.6) is 0 Å². The van der Waals surface area contributed by atoms with Gasteiger partial charge in [-0.1, -0.05) is 382 Å². The van der Waals surface area contributed by atoms with Crippen LogP contribution in [0.4, 0.5) is 0 Å². The van der Waals surface area contributed by atoms with Gasteiger partial charge in [-0.3, -0.25) is 0 Å². The Labute approximate surface area is 576 Å². The molecule has 98 heavy (non-hydrogen) atoms. The minimum Gasteiger partial charge on any atom is -0.228 e. The fraction of sp³-hybridized carbons (Fsp3) is 0. The molecule has 2 nitrogen and oxygen atoms in total. The first kappa shape index (κ1) is 60.7. The second kappa shape index (κ2) is 27.3. The Morgan fingerprint density at radius 2 is 0.347 bits per heavy atom. The number of nitrogens with zero attached hydrogens (tertiary/aromatic N) is 2. The lowest BCUT2D eigenvalue weighted by atomic mass is 9.99. The molecule has 0 N–H and O–H groups in total. The van der Waals surface area contributed by atoms with E-state index in [1.165, 1.54) is 63.7 Å². The Morgan fingerprint density at radius 3 is 0.684 bits per heavy atom. The topological polar surface area (TPSA) is 25.8 Å². The van der Waals surface area contributed by atoms with E-state index >= 15 is 0 Å². The maximum Gasteiger partial charge on any atom is 0.179 e. The fourth-order valence-corrected chi connectivity index (χ4v) is 24.5. The van der Waals surface area contributed by atoms with Gasteiger partial charge in [0.05, 0.1) is 11.4 Å². The van der Waals surface area contributed by atoms with Crippen molar-refractivity contribution < 1.29 is 0 Å². The zero-order valence-corrected chi connectivity index (χ0v) is 56.2. The van der Waals surface area contributed by atoms with Gasteiger partial charge < -0.3 is 0 Å². The van der Waals surface area contributed by atoms with E-state index in [4.69, 9.17) is 9.97 Å². The van der Waals surface area contributed by atoms with Crippen molar-refractivity contribution in [2.45, 2.75) is 0 Å². The Kier molecular flexibility index (Phi) is 16.9. The molecule has 4 heteroatoms. The van der Waals surface area contributed by atoms with Crippen molar-refractivity contribution in [1.82, 2.24) is 9.97 Å². The molecule has 0 spiro atoms. The number of hydrogen-bond acceptors (Lipinski definition) is 2. The van der Waals surface area contributed by atoms with Gasteiger partial charge >= 0.3 is 0 Å². The summed E-state index contributed by atoms with van der Waals surface area (Å²) in [7, 11) is -6.97. The molecule has 16 rings (SSSR count). The summed E-state index contributed by atoms with van der Waals surface area (Å²) in [6, 6.07) is 153. The minimum absolute atomic E-state index is 0.646. The average molecular weight is 1280 g/mol. The van der Waals surface area contributed by atoms with Crippen LogP contribution in [-0.2, 0) is 0 Å². The van der Waals surface area contributed by atoms with E-state index in [9.17, 15) is 0 Å². The normalized spacial score (nSPS) is 11.5. The molecule has 0 aliphatic heterocycles.